The maximum absolute atomic E-state index is 13.1. The van der Waals surface area contributed by atoms with Gasteiger partial charge in [0.25, 0.3) is 0 Å². The summed E-state index contributed by atoms with van der Waals surface area (Å²) >= 11 is 0. The topological polar surface area (TPSA) is 99.1 Å². The zero-order valence-corrected chi connectivity index (χ0v) is 20.8. The van der Waals surface area contributed by atoms with Crippen LogP contribution in [0, 0.1) is 0 Å². The molecule has 0 aliphatic heterocycles. The molecule has 3 fully saturated rings. The Morgan fingerprint density at radius 1 is 0.529 bits per heavy atom. The van der Waals surface area contributed by atoms with Gasteiger partial charge in [-0.3, -0.25) is 9.59 Å². The Labute approximate surface area is 204 Å². The lowest BCUT2D eigenvalue weighted by Gasteiger charge is -2.28. The van der Waals surface area contributed by atoms with Crippen LogP contribution in [0.2, 0.25) is 0 Å². The van der Waals surface area contributed by atoms with E-state index in [2.05, 4.69) is 0 Å². The summed E-state index contributed by atoms with van der Waals surface area (Å²) in [6, 6.07) is 0. The van der Waals surface area contributed by atoms with E-state index in [-0.39, 0.29) is 18.3 Å². The lowest BCUT2D eigenvalue weighted by Crippen LogP contribution is -2.46. The van der Waals surface area contributed by atoms with Crippen LogP contribution in [0.3, 0.4) is 0 Å². The van der Waals surface area contributed by atoms with Gasteiger partial charge in [0.05, 0.1) is 12.8 Å². The van der Waals surface area contributed by atoms with Crippen LogP contribution in [0.4, 0.5) is 0 Å². The summed E-state index contributed by atoms with van der Waals surface area (Å²) in [7, 11) is 0. The highest BCUT2D eigenvalue weighted by atomic mass is 16.6. The van der Waals surface area contributed by atoms with Crippen molar-refractivity contribution < 1.29 is 33.7 Å². The molecule has 0 radical (unpaired) electrons. The average molecular weight is 481 g/mol. The molecule has 0 unspecified atom stereocenters. The van der Waals surface area contributed by atoms with Crippen LogP contribution in [0.5, 0.6) is 0 Å². The van der Waals surface area contributed by atoms with Crippen LogP contribution in [0.15, 0.2) is 0 Å². The maximum Gasteiger partial charge on any atom is 0.339 e. The first-order valence-corrected chi connectivity index (χ1v) is 13.8. The fourth-order valence-corrected chi connectivity index (χ4v) is 5.48. The van der Waals surface area contributed by atoms with Crippen molar-refractivity contribution in [3.63, 3.8) is 0 Å². The van der Waals surface area contributed by atoms with E-state index in [4.69, 9.17) is 14.2 Å². The Balaban J connectivity index is 1.63. The summed E-state index contributed by atoms with van der Waals surface area (Å²) in [5, 5.41) is 11.3. The monoisotopic (exact) mass is 480 g/mol. The predicted octanol–water partition coefficient (Wildman–Crippen LogP) is 5.30. The summed E-state index contributed by atoms with van der Waals surface area (Å²) in [6.07, 6.45) is 15.4. The lowest BCUT2D eigenvalue weighted by molar-refractivity contribution is -0.184. The minimum atomic E-state index is -2.27. The number of ether oxygens (including phenoxy) is 3. The van der Waals surface area contributed by atoms with Crippen molar-refractivity contribution >= 4 is 17.9 Å². The first-order valence-electron chi connectivity index (χ1n) is 13.8. The third-order valence-corrected chi connectivity index (χ3v) is 7.53. The predicted molar refractivity (Wildman–Crippen MR) is 127 cm³/mol. The first kappa shape index (κ1) is 27.0. The van der Waals surface area contributed by atoms with Gasteiger partial charge in [0, 0.05) is 0 Å². The van der Waals surface area contributed by atoms with E-state index in [0.29, 0.717) is 0 Å². The van der Waals surface area contributed by atoms with Crippen molar-refractivity contribution in [2.45, 2.75) is 152 Å². The standard InChI is InChI=1S/C27H44O7/c28-24(32-21-13-7-1-2-8-14-21)19-27(31,26(30)34-23-17-11-5-6-12-18-23)20-25(29)33-22-15-9-3-4-10-16-22/h21-23,31H,1-20H2. The van der Waals surface area contributed by atoms with Crippen molar-refractivity contribution in [3.8, 4) is 0 Å². The molecule has 0 spiro atoms. The molecule has 0 aromatic rings. The Morgan fingerprint density at radius 3 is 1.15 bits per heavy atom. The van der Waals surface area contributed by atoms with Crippen molar-refractivity contribution in [1.29, 1.82) is 0 Å². The van der Waals surface area contributed by atoms with Crippen molar-refractivity contribution in [3.05, 3.63) is 0 Å². The fourth-order valence-electron chi connectivity index (χ4n) is 5.48. The SMILES string of the molecule is O=C(CC(O)(CC(=O)OC1CCCCCC1)C(=O)OC1CCCCCC1)OC1CCCCCC1. The van der Waals surface area contributed by atoms with E-state index in [1.807, 2.05) is 0 Å². The Bertz CT molecular complexity index is 601. The van der Waals surface area contributed by atoms with Crippen LogP contribution in [-0.2, 0) is 28.6 Å². The van der Waals surface area contributed by atoms with Gasteiger partial charge >= 0.3 is 17.9 Å². The van der Waals surface area contributed by atoms with E-state index in [1.54, 1.807) is 0 Å². The number of carbonyl (C=O) groups excluding carboxylic acids is 3. The van der Waals surface area contributed by atoms with Crippen LogP contribution >= 0.6 is 0 Å². The molecular weight excluding hydrogens is 436 g/mol. The number of rotatable bonds is 8. The van der Waals surface area contributed by atoms with Gasteiger partial charge in [-0.25, -0.2) is 4.79 Å². The molecule has 3 saturated carbocycles. The van der Waals surface area contributed by atoms with E-state index in [9.17, 15) is 19.5 Å². The molecule has 7 nitrogen and oxygen atoms in total. The zero-order chi connectivity index (χ0) is 24.2. The van der Waals surface area contributed by atoms with E-state index in [0.717, 1.165) is 116 Å². The first-order chi connectivity index (χ1) is 16.4. The van der Waals surface area contributed by atoms with Crippen molar-refractivity contribution in [1.82, 2.24) is 0 Å². The van der Waals surface area contributed by atoms with Crippen molar-refractivity contribution in [2.24, 2.45) is 0 Å². The third-order valence-electron chi connectivity index (χ3n) is 7.53. The highest BCUT2D eigenvalue weighted by Gasteiger charge is 2.45. The molecule has 3 rings (SSSR count). The van der Waals surface area contributed by atoms with Gasteiger partial charge in [-0.2, -0.15) is 0 Å². The highest BCUT2D eigenvalue weighted by molar-refractivity contribution is 5.90. The van der Waals surface area contributed by atoms with Crippen LogP contribution < -0.4 is 0 Å². The maximum atomic E-state index is 13.1. The Kier molecular flexibility index (Phi) is 11.1. The van der Waals surface area contributed by atoms with Crippen LogP contribution in [-0.4, -0.2) is 46.9 Å². The van der Waals surface area contributed by atoms with Crippen LogP contribution in [0.25, 0.3) is 0 Å². The molecular formula is C27H44O7. The molecule has 0 amide bonds. The molecule has 194 valence electrons. The van der Waals surface area contributed by atoms with Gasteiger partial charge in [0.2, 0.25) is 0 Å². The minimum absolute atomic E-state index is 0.199. The van der Waals surface area contributed by atoms with Gasteiger partial charge < -0.3 is 19.3 Å². The Hall–Kier alpha value is -1.63. The average Bonchev–Trinajstić information content (AvgIpc) is 3.30. The summed E-state index contributed by atoms with van der Waals surface area (Å²) in [6.45, 7) is 0. The van der Waals surface area contributed by atoms with Gasteiger partial charge in [0.15, 0.2) is 5.60 Å². The highest BCUT2D eigenvalue weighted by Crippen LogP contribution is 2.28. The number of carbonyl (C=O) groups is 3. The largest absolute Gasteiger partial charge is 0.462 e. The Morgan fingerprint density at radius 2 is 0.824 bits per heavy atom. The fraction of sp³-hybridized carbons (Fsp3) is 0.889. The molecule has 1 N–H and O–H groups in total. The van der Waals surface area contributed by atoms with Gasteiger partial charge in [0.1, 0.15) is 18.3 Å². The summed E-state index contributed by atoms with van der Waals surface area (Å²) in [5.41, 5.74) is -2.27. The van der Waals surface area contributed by atoms with E-state index < -0.39 is 36.4 Å². The number of esters is 3. The number of aliphatic hydroxyl groups is 1. The smallest absolute Gasteiger partial charge is 0.339 e. The molecule has 3 aliphatic carbocycles. The molecule has 3 aliphatic rings. The molecule has 0 aromatic heterocycles. The second kappa shape index (κ2) is 14.1. The molecule has 0 bridgehead atoms. The zero-order valence-electron chi connectivity index (χ0n) is 20.8. The van der Waals surface area contributed by atoms with Gasteiger partial charge in [-0.05, 0) is 77.0 Å². The van der Waals surface area contributed by atoms with E-state index in [1.165, 1.54) is 0 Å². The summed E-state index contributed by atoms with van der Waals surface area (Å²) in [4.78, 5) is 38.7. The van der Waals surface area contributed by atoms with Gasteiger partial charge in [-0.15, -0.1) is 0 Å². The van der Waals surface area contributed by atoms with Crippen LogP contribution in [0.1, 0.15) is 128 Å². The third kappa shape index (κ3) is 9.20. The molecule has 0 aromatic carbocycles. The lowest BCUT2D eigenvalue weighted by atomic mass is 9.95. The van der Waals surface area contributed by atoms with E-state index >= 15 is 0 Å². The van der Waals surface area contributed by atoms with Gasteiger partial charge in [-0.1, -0.05) is 38.5 Å². The molecule has 0 heterocycles. The van der Waals surface area contributed by atoms with Crippen molar-refractivity contribution in [2.75, 3.05) is 0 Å². The summed E-state index contributed by atoms with van der Waals surface area (Å²) < 4.78 is 16.9. The quantitative estimate of drug-likeness (QED) is 0.286. The molecule has 0 saturated heterocycles. The normalized spacial score (nSPS) is 22.1. The summed E-state index contributed by atoms with van der Waals surface area (Å²) in [5.74, 6) is -2.22. The molecule has 7 heteroatoms. The second-order valence-electron chi connectivity index (χ2n) is 10.6. The minimum Gasteiger partial charge on any atom is -0.462 e. The second-order valence-corrected chi connectivity index (χ2v) is 10.6. The number of hydrogen-bond donors (Lipinski definition) is 1. The molecule has 34 heavy (non-hydrogen) atoms. The number of hydrogen-bond acceptors (Lipinski definition) is 7. The molecule has 0 atom stereocenters.